The molecule has 0 saturated heterocycles. The van der Waals surface area contributed by atoms with Crippen LogP contribution in [0.2, 0.25) is 0 Å². The molecule has 1 N–H and O–H groups in total. The van der Waals surface area contributed by atoms with Gasteiger partial charge in [0, 0.05) is 25.0 Å². The zero-order valence-electron chi connectivity index (χ0n) is 16.0. The summed E-state index contributed by atoms with van der Waals surface area (Å²) in [5, 5.41) is 4.69. The molecule has 0 bridgehead atoms. The minimum atomic E-state index is -3.67. The van der Waals surface area contributed by atoms with Crippen LogP contribution in [0.4, 0.5) is 0 Å². The monoisotopic (exact) mass is 413 g/mol. The quantitative estimate of drug-likeness (QED) is 0.392. The number of benzene rings is 2. The summed E-state index contributed by atoms with van der Waals surface area (Å²) in [7, 11) is -0.855. The summed E-state index contributed by atoms with van der Waals surface area (Å²) < 4.78 is 30.8. The second-order valence-electron chi connectivity index (χ2n) is 6.44. The lowest BCUT2D eigenvalue weighted by Crippen LogP contribution is -2.24. The maximum atomic E-state index is 12.4. The SMILES string of the molecule is C/C(=N/NC(=O)c1cccc(S(=O)(=O)N(C)C)c1)c1cc2ccccc2oc1=O. The van der Waals surface area contributed by atoms with E-state index >= 15 is 0 Å². The minimum Gasteiger partial charge on any atom is -0.422 e. The van der Waals surface area contributed by atoms with Crippen molar-refractivity contribution in [2.75, 3.05) is 14.1 Å². The van der Waals surface area contributed by atoms with Crippen LogP contribution in [0, 0.1) is 0 Å². The molecule has 0 aliphatic heterocycles. The topological polar surface area (TPSA) is 109 Å². The van der Waals surface area contributed by atoms with E-state index in [1.54, 1.807) is 31.2 Å². The molecule has 8 nitrogen and oxygen atoms in total. The molecule has 1 heterocycles. The van der Waals surface area contributed by atoms with Gasteiger partial charge in [0.05, 0.1) is 16.2 Å². The highest BCUT2D eigenvalue weighted by Gasteiger charge is 2.18. The Labute approximate surface area is 167 Å². The predicted molar refractivity (Wildman–Crippen MR) is 109 cm³/mol. The van der Waals surface area contributed by atoms with Crippen LogP contribution in [0.25, 0.3) is 11.0 Å². The Morgan fingerprint density at radius 3 is 2.52 bits per heavy atom. The average Bonchev–Trinajstić information content (AvgIpc) is 2.71. The van der Waals surface area contributed by atoms with Crippen molar-refractivity contribution in [2.24, 2.45) is 5.10 Å². The number of hydrogen-bond donors (Lipinski definition) is 1. The van der Waals surface area contributed by atoms with Crippen molar-refractivity contribution in [1.82, 2.24) is 9.73 Å². The first-order chi connectivity index (χ1) is 13.7. The Kier molecular flexibility index (Phi) is 5.62. The van der Waals surface area contributed by atoms with Crippen LogP contribution in [0.3, 0.4) is 0 Å². The highest BCUT2D eigenvalue weighted by molar-refractivity contribution is 7.89. The van der Waals surface area contributed by atoms with Crippen molar-refractivity contribution in [1.29, 1.82) is 0 Å². The molecule has 1 aromatic heterocycles. The molecule has 29 heavy (non-hydrogen) atoms. The van der Waals surface area contributed by atoms with E-state index in [9.17, 15) is 18.0 Å². The van der Waals surface area contributed by atoms with Crippen molar-refractivity contribution < 1.29 is 17.6 Å². The summed E-state index contributed by atoms with van der Waals surface area (Å²) >= 11 is 0. The van der Waals surface area contributed by atoms with Gasteiger partial charge in [-0.3, -0.25) is 4.79 Å². The first-order valence-corrected chi connectivity index (χ1v) is 10.0. The molecular weight excluding hydrogens is 394 g/mol. The fourth-order valence-corrected chi connectivity index (χ4v) is 3.53. The van der Waals surface area contributed by atoms with E-state index in [1.807, 2.05) is 6.07 Å². The van der Waals surface area contributed by atoms with Gasteiger partial charge in [-0.1, -0.05) is 24.3 Å². The van der Waals surface area contributed by atoms with Gasteiger partial charge in [0.25, 0.3) is 5.91 Å². The lowest BCUT2D eigenvalue weighted by Gasteiger charge is -2.12. The molecule has 1 amide bonds. The third-order valence-corrected chi connectivity index (χ3v) is 6.04. The van der Waals surface area contributed by atoms with Crippen molar-refractivity contribution in [3.63, 3.8) is 0 Å². The Bertz CT molecular complexity index is 1280. The summed E-state index contributed by atoms with van der Waals surface area (Å²) in [6, 6.07) is 14.3. The normalized spacial score (nSPS) is 12.3. The second kappa shape index (κ2) is 7.98. The molecule has 9 heteroatoms. The van der Waals surface area contributed by atoms with Crippen LogP contribution in [-0.4, -0.2) is 38.4 Å². The summed E-state index contributed by atoms with van der Waals surface area (Å²) in [5.74, 6) is -0.606. The number of hydrazone groups is 1. The molecule has 3 rings (SSSR count). The number of rotatable bonds is 5. The van der Waals surface area contributed by atoms with Gasteiger partial charge in [-0.05, 0) is 37.3 Å². The second-order valence-corrected chi connectivity index (χ2v) is 8.59. The molecule has 0 saturated carbocycles. The molecule has 0 aliphatic rings. The van der Waals surface area contributed by atoms with Gasteiger partial charge in [-0.15, -0.1) is 0 Å². The zero-order valence-corrected chi connectivity index (χ0v) is 16.9. The third-order valence-electron chi connectivity index (χ3n) is 4.23. The Hall–Kier alpha value is -3.30. The third kappa shape index (κ3) is 4.25. The number of carbonyl (C=O) groups is 1. The number of hydrogen-bond acceptors (Lipinski definition) is 6. The largest absolute Gasteiger partial charge is 0.422 e. The number of nitrogens with one attached hydrogen (secondary N) is 1. The molecule has 150 valence electrons. The number of para-hydroxylation sites is 1. The number of carbonyl (C=O) groups excluding carboxylic acids is 1. The van der Waals surface area contributed by atoms with Crippen LogP contribution in [0.1, 0.15) is 22.8 Å². The molecular formula is C20H19N3O5S. The molecule has 2 aromatic carbocycles. The van der Waals surface area contributed by atoms with Crippen LogP contribution in [-0.2, 0) is 10.0 Å². The summed E-state index contributed by atoms with van der Waals surface area (Å²) in [6.07, 6.45) is 0. The van der Waals surface area contributed by atoms with E-state index in [-0.39, 0.29) is 21.7 Å². The van der Waals surface area contributed by atoms with Crippen molar-refractivity contribution in [3.05, 3.63) is 76.1 Å². The molecule has 0 atom stereocenters. The maximum absolute atomic E-state index is 12.4. The van der Waals surface area contributed by atoms with E-state index in [0.717, 1.165) is 9.69 Å². The number of amides is 1. The smallest absolute Gasteiger partial charge is 0.345 e. The van der Waals surface area contributed by atoms with Crippen LogP contribution >= 0.6 is 0 Å². The number of sulfonamides is 1. The van der Waals surface area contributed by atoms with Gasteiger partial charge in [0.15, 0.2) is 0 Å². The van der Waals surface area contributed by atoms with Gasteiger partial charge in [0.2, 0.25) is 10.0 Å². The molecule has 0 aliphatic carbocycles. The standard InChI is InChI=1S/C20H19N3O5S/c1-13(17-12-14-7-4-5-10-18(14)28-20(17)25)21-22-19(24)15-8-6-9-16(11-15)29(26,27)23(2)3/h4-12H,1-3H3,(H,22,24)/b21-13-. The fraction of sp³-hybridized carbons (Fsp3) is 0.150. The zero-order chi connectivity index (χ0) is 21.2. The highest BCUT2D eigenvalue weighted by atomic mass is 32.2. The first-order valence-electron chi connectivity index (χ1n) is 8.60. The van der Waals surface area contributed by atoms with E-state index in [1.165, 1.54) is 38.4 Å². The van der Waals surface area contributed by atoms with Crippen molar-refractivity contribution in [3.8, 4) is 0 Å². The van der Waals surface area contributed by atoms with Crippen molar-refractivity contribution in [2.45, 2.75) is 11.8 Å². The van der Waals surface area contributed by atoms with Gasteiger partial charge >= 0.3 is 5.63 Å². The Balaban J connectivity index is 1.86. The van der Waals surface area contributed by atoms with E-state index in [4.69, 9.17) is 4.42 Å². The minimum absolute atomic E-state index is 0.00831. The van der Waals surface area contributed by atoms with Crippen LogP contribution in [0.5, 0.6) is 0 Å². The summed E-state index contributed by atoms with van der Waals surface area (Å²) in [6.45, 7) is 1.56. The number of fused-ring (bicyclic) bond motifs is 1. The van der Waals surface area contributed by atoms with Gasteiger partial charge < -0.3 is 4.42 Å². The van der Waals surface area contributed by atoms with Crippen molar-refractivity contribution >= 4 is 32.6 Å². The van der Waals surface area contributed by atoms with Gasteiger partial charge in [0.1, 0.15) is 5.58 Å². The lowest BCUT2D eigenvalue weighted by molar-refractivity contribution is 0.0954. The molecule has 0 unspecified atom stereocenters. The average molecular weight is 413 g/mol. The highest BCUT2D eigenvalue weighted by Crippen LogP contribution is 2.15. The molecule has 0 fully saturated rings. The first kappa shape index (κ1) is 20.4. The van der Waals surface area contributed by atoms with Crippen LogP contribution < -0.4 is 11.1 Å². The fourth-order valence-electron chi connectivity index (χ4n) is 2.58. The van der Waals surface area contributed by atoms with Crippen LogP contribution in [0.15, 0.2) is 73.8 Å². The lowest BCUT2D eigenvalue weighted by atomic mass is 10.1. The molecule has 0 radical (unpaired) electrons. The Morgan fingerprint density at radius 2 is 1.79 bits per heavy atom. The maximum Gasteiger partial charge on any atom is 0.345 e. The van der Waals surface area contributed by atoms with E-state index < -0.39 is 21.6 Å². The summed E-state index contributed by atoms with van der Waals surface area (Å²) in [4.78, 5) is 24.6. The summed E-state index contributed by atoms with van der Waals surface area (Å²) in [5.41, 5.74) is 2.82. The predicted octanol–water partition coefficient (Wildman–Crippen LogP) is 2.20. The van der Waals surface area contributed by atoms with Gasteiger partial charge in [-0.25, -0.2) is 22.9 Å². The van der Waals surface area contributed by atoms with E-state index in [0.29, 0.717) is 5.58 Å². The molecule has 0 spiro atoms. The van der Waals surface area contributed by atoms with Gasteiger partial charge in [-0.2, -0.15) is 5.10 Å². The molecule has 3 aromatic rings. The Morgan fingerprint density at radius 1 is 1.07 bits per heavy atom. The number of nitrogens with zero attached hydrogens (tertiary/aromatic N) is 2. The van der Waals surface area contributed by atoms with E-state index in [2.05, 4.69) is 10.5 Å².